The SMILES string of the molecule is O=C(Nc1nc2ccccc2[nH]1)[C@@H]1Cc2ccccc2O1. The van der Waals surface area contributed by atoms with Crippen LogP contribution >= 0.6 is 0 Å². The summed E-state index contributed by atoms with van der Waals surface area (Å²) in [7, 11) is 0. The Kier molecular flexibility index (Phi) is 2.64. The zero-order valence-corrected chi connectivity index (χ0v) is 11.2. The van der Waals surface area contributed by atoms with Gasteiger partial charge in [-0.25, -0.2) is 4.98 Å². The van der Waals surface area contributed by atoms with Gasteiger partial charge in [0.15, 0.2) is 6.10 Å². The Morgan fingerprint density at radius 1 is 1.19 bits per heavy atom. The summed E-state index contributed by atoms with van der Waals surface area (Å²) < 4.78 is 5.66. The van der Waals surface area contributed by atoms with Crippen LogP contribution in [-0.2, 0) is 11.2 Å². The molecule has 1 aliphatic rings. The van der Waals surface area contributed by atoms with Crippen molar-refractivity contribution in [2.24, 2.45) is 0 Å². The minimum absolute atomic E-state index is 0.190. The number of amides is 1. The van der Waals surface area contributed by atoms with Gasteiger partial charge in [-0.2, -0.15) is 0 Å². The topological polar surface area (TPSA) is 67.0 Å². The Morgan fingerprint density at radius 3 is 2.86 bits per heavy atom. The summed E-state index contributed by atoms with van der Waals surface area (Å²) in [4.78, 5) is 19.7. The molecule has 0 unspecified atom stereocenters. The van der Waals surface area contributed by atoms with Crippen LogP contribution in [0.15, 0.2) is 48.5 Å². The summed E-state index contributed by atoms with van der Waals surface area (Å²) in [5, 5.41) is 2.78. The Hall–Kier alpha value is -2.82. The summed E-state index contributed by atoms with van der Waals surface area (Å²) >= 11 is 0. The van der Waals surface area contributed by atoms with Crippen LogP contribution in [-0.4, -0.2) is 22.0 Å². The number of para-hydroxylation sites is 3. The number of nitrogens with zero attached hydrogens (tertiary/aromatic N) is 1. The Balaban J connectivity index is 1.52. The van der Waals surface area contributed by atoms with Crippen LogP contribution in [0.5, 0.6) is 5.75 Å². The van der Waals surface area contributed by atoms with Crippen LogP contribution < -0.4 is 10.1 Å². The van der Waals surface area contributed by atoms with Crippen molar-refractivity contribution in [1.82, 2.24) is 9.97 Å². The molecule has 5 heteroatoms. The number of H-pyrrole nitrogens is 1. The number of fused-ring (bicyclic) bond motifs is 2. The number of aromatic amines is 1. The van der Waals surface area contributed by atoms with E-state index in [1.807, 2.05) is 48.5 Å². The second-order valence-corrected chi connectivity index (χ2v) is 5.01. The Bertz CT molecular complexity index is 767. The van der Waals surface area contributed by atoms with E-state index in [4.69, 9.17) is 4.74 Å². The fourth-order valence-corrected chi connectivity index (χ4v) is 2.54. The van der Waals surface area contributed by atoms with E-state index in [1.54, 1.807) is 0 Å². The first-order valence-corrected chi connectivity index (χ1v) is 6.80. The van der Waals surface area contributed by atoms with Gasteiger partial charge in [-0.1, -0.05) is 30.3 Å². The third kappa shape index (κ3) is 2.12. The van der Waals surface area contributed by atoms with E-state index < -0.39 is 6.10 Å². The maximum absolute atomic E-state index is 12.3. The third-order valence-corrected chi connectivity index (χ3v) is 3.57. The Labute approximate surface area is 121 Å². The average Bonchev–Trinajstić information content (AvgIpc) is 3.10. The van der Waals surface area contributed by atoms with Crippen LogP contribution in [0.1, 0.15) is 5.56 Å². The lowest BCUT2D eigenvalue weighted by molar-refractivity contribution is -0.122. The fraction of sp³-hybridized carbons (Fsp3) is 0.125. The molecule has 1 atom stereocenters. The summed E-state index contributed by atoms with van der Waals surface area (Å²) in [5.41, 5.74) is 2.77. The first-order chi connectivity index (χ1) is 10.3. The van der Waals surface area contributed by atoms with E-state index in [0.29, 0.717) is 12.4 Å². The first kappa shape index (κ1) is 12.0. The molecule has 0 fully saturated rings. The Morgan fingerprint density at radius 2 is 2.00 bits per heavy atom. The normalized spacial score (nSPS) is 16.5. The number of carbonyl (C=O) groups is 1. The number of hydrogen-bond donors (Lipinski definition) is 2. The van der Waals surface area contributed by atoms with Gasteiger partial charge in [0.05, 0.1) is 11.0 Å². The van der Waals surface area contributed by atoms with E-state index in [-0.39, 0.29) is 5.91 Å². The van der Waals surface area contributed by atoms with Crippen molar-refractivity contribution >= 4 is 22.9 Å². The molecule has 0 saturated carbocycles. The molecule has 0 radical (unpaired) electrons. The lowest BCUT2D eigenvalue weighted by atomic mass is 10.1. The molecule has 2 aromatic carbocycles. The molecule has 1 amide bonds. The molecular weight excluding hydrogens is 266 g/mol. The summed E-state index contributed by atoms with van der Waals surface area (Å²) in [6, 6.07) is 15.3. The maximum atomic E-state index is 12.3. The van der Waals surface area contributed by atoms with Crippen LogP contribution in [0.3, 0.4) is 0 Å². The molecule has 3 aromatic rings. The first-order valence-electron chi connectivity index (χ1n) is 6.80. The van der Waals surface area contributed by atoms with E-state index >= 15 is 0 Å². The predicted molar refractivity (Wildman–Crippen MR) is 79.3 cm³/mol. The number of aromatic nitrogens is 2. The lowest BCUT2D eigenvalue weighted by Gasteiger charge is -2.09. The maximum Gasteiger partial charge on any atom is 0.268 e. The molecule has 0 bridgehead atoms. The predicted octanol–water partition coefficient (Wildman–Crippen LogP) is 2.51. The largest absolute Gasteiger partial charge is 0.480 e. The number of benzene rings is 2. The van der Waals surface area contributed by atoms with Gasteiger partial charge in [-0.3, -0.25) is 10.1 Å². The molecule has 1 aromatic heterocycles. The molecule has 1 aliphatic heterocycles. The number of rotatable bonds is 2. The van der Waals surface area contributed by atoms with Gasteiger partial charge in [0.1, 0.15) is 5.75 Å². The minimum Gasteiger partial charge on any atom is -0.480 e. The minimum atomic E-state index is -0.504. The number of hydrogen-bond acceptors (Lipinski definition) is 3. The number of ether oxygens (including phenoxy) is 1. The standard InChI is InChI=1S/C16H13N3O2/c20-15(14-9-10-5-1-4-8-13(10)21-14)19-16-17-11-6-2-3-7-12(11)18-16/h1-8,14H,9H2,(H2,17,18,19,20)/t14-/m0/s1. The van der Waals surface area contributed by atoms with Gasteiger partial charge in [-0.15, -0.1) is 0 Å². The van der Waals surface area contributed by atoms with Crippen LogP contribution in [0.25, 0.3) is 11.0 Å². The monoisotopic (exact) mass is 279 g/mol. The number of carbonyl (C=O) groups excluding carboxylic acids is 1. The summed E-state index contributed by atoms with van der Waals surface area (Å²) in [6.07, 6.45) is 0.0815. The molecule has 2 N–H and O–H groups in total. The average molecular weight is 279 g/mol. The fourth-order valence-electron chi connectivity index (χ4n) is 2.54. The van der Waals surface area contributed by atoms with Crippen LogP contribution in [0.2, 0.25) is 0 Å². The van der Waals surface area contributed by atoms with Gasteiger partial charge in [0.2, 0.25) is 5.95 Å². The molecule has 0 aliphatic carbocycles. The van der Waals surface area contributed by atoms with Gasteiger partial charge in [0, 0.05) is 6.42 Å². The molecule has 2 heterocycles. The highest BCUT2D eigenvalue weighted by Gasteiger charge is 2.29. The summed E-state index contributed by atoms with van der Waals surface area (Å²) in [5.74, 6) is 1.04. The van der Waals surface area contributed by atoms with Gasteiger partial charge in [0.25, 0.3) is 5.91 Å². The number of nitrogens with one attached hydrogen (secondary N) is 2. The molecule has 104 valence electrons. The lowest BCUT2D eigenvalue weighted by Crippen LogP contribution is -2.31. The second kappa shape index (κ2) is 4.63. The molecule has 4 rings (SSSR count). The van der Waals surface area contributed by atoms with E-state index in [1.165, 1.54) is 0 Å². The molecule has 0 spiro atoms. The van der Waals surface area contributed by atoms with E-state index in [0.717, 1.165) is 22.3 Å². The molecule has 21 heavy (non-hydrogen) atoms. The summed E-state index contributed by atoms with van der Waals surface area (Å²) in [6.45, 7) is 0. The van der Waals surface area contributed by atoms with Crippen molar-refractivity contribution in [2.45, 2.75) is 12.5 Å². The zero-order valence-electron chi connectivity index (χ0n) is 11.2. The number of imidazole rings is 1. The highest BCUT2D eigenvalue weighted by molar-refractivity contribution is 5.95. The zero-order chi connectivity index (χ0) is 14.2. The third-order valence-electron chi connectivity index (χ3n) is 3.57. The van der Waals surface area contributed by atoms with Gasteiger partial charge in [-0.05, 0) is 23.8 Å². The van der Waals surface area contributed by atoms with Crippen molar-refractivity contribution in [3.63, 3.8) is 0 Å². The van der Waals surface area contributed by atoms with Crippen molar-refractivity contribution in [3.05, 3.63) is 54.1 Å². The van der Waals surface area contributed by atoms with Crippen molar-refractivity contribution in [3.8, 4) is 5.75 Å². The van der Waals surface area contributed by atoms with Crippen LogP contribution in [0.4, 0.5) is 5.95 Å². The van der Waals surface area contributed by atoms with E-state index in [2.05, 4.69) is 15.3 Å². The highest BCUT2D eigenvalue weighted by atomic mass is 16.5. The highest BCUT2D eigenvalue weighted by Crippen LogP contribution is 2.28. The quantitative estimate of drug-likeness (QED) is 0.757. The van der Waals surface area contributed by atoms with Gasteiger partial charge >= 0.3 is 0 Å². The molecule has 5 nitrogen and oxygen atoms in total. The second-order valence-electron chi connectivity index (χ2n) is 5.01. The van der Waals surface area contributed by atoms with Crippen LogP contribution in [0, 0.1) is 0 Å². The molecule has 0 saturated heterocycles. The molecular formula is C16H13N3O2. The number of anilines is 1. The van der Waals surface area contributed by atoms with E-state index in [9.17, 15) is 4.79 Å². The van der Waals surface area contributed by atoms with Crippen molar-refractivity contribution in [2.75, 3.05) is 5.32 Å². The smallest absolute Gasteiger partial charge is 0.268 e. The van der Waals surface area contributed by atoms with Crippen molar-refractivity contribution in [1.29, 1.82) is 0 Å². The van der Waals surface area contributed by atoms with Gasteiger partial charge < -0.3 is 9.72 Å². The van der Waals surface area contributed by atoms with Crippen molar-refractivity contribution < 1.29 is 9.53 Å².